The van der Waals surface area contributed by atoms with Gasteiger partial charge in [0.25, 0.3) is 0 Å². The van der Waals surface area contributed by atoms with Crippen LogP contribution in [0.3, 0.4) is 0 Å². The van der Waals surface area contributed by atoms with Crippen molar-refractivity contribution in [1.29, 1.82) is 0 Å². The second-order valence-corrected chi connectivity index (χ2v) is 5.37. The van der Waals surface area contributed by atoms with Gasteiger partial charge in [-0.3, -0.25) is 0 Å². The molecule has 3 heteroatoms. The Balaban J connectivity index is 2.19. The third-order valence-corrected chi connectivity index (χ3v) is 4.64. The highest BCUT2D eigenvalue weighted by molar-refractivity contribution is 9.09. The second-order valence-electron chi connectivity index (χ2n) is 3.98. The van der Waals surface area contributed by atoms with Crippen molar-refractivity contribution in [2.45, 2.75) is 24.1 Å². The molecule has 0 bridgehead atoms. The average molecular weight is 290 g/mol. The summed E-state index contributed by atoms with van der Waals surface area (Å²) in [4.78, 5) is 0.393. The molecule has 0 saturated heterocycles. The zero-order valence-corrected chi connectivity index (χ0v) is 11.0. The molecular formula is C12H14BrClO. The molecule has 0 heterocycles. The number of rotatable bonds is 3. The van der Waals surface area contributed by atoms with Gasteiger partial charge in [0.1, 0.15) is 5.75 Å². The van der Waals surface area contributed by atoms with E-state index in [0.29, 0.717) is 4.83 Å². The van der Waals surface area contributed by atoms with E-state index in [1.807, 2.05) is 12.1 Å². The van der Waals surface area contributed by atoms with E-state index < -0.39 is 0 Å². The van der Waals surface area contributed by atoms with E-state index in [-0.39, 0.29) is 0 Å². The van der Waals surface area contributed by atoms with Gasteiger partial charge in [-0.15, -0.1) is 0 Å². The van der Waals surface area contributed by atoms with Crippen LogP contribution in [0.5, 0.6) is 5.75 Å². The highest BCUT2D eigenvalue weighted by Crippen LogP contribution is 2.45. The van der Waals surface area contributed by atoms with Gasteiger partial charge in [0.2, 0.25) is 0 Å². The summed E-state index contributed by atoms with van der Waals surface area (Å²) in [5.74, 6) is 1.56. The molecule has 1 aliphatic rings. The van der Waals surface area contributed by atoms with Gasteiger partial charge >= 0.3 is 0 Å². The van der Waals surface area contributed by atoms with E-state index in [9.17, 15) is 0 Å². The van der Waals surface area contributed by atoms with Gasteiger partial charge in [-0.2, -0.15) is 0 Å². The maximum atomic E-state index is 6.22. The van der Waals surface area contributed by atoms with Crippen LogP contribution in [0.25, 0.3) is 0 Å². The molecular weight excluding hydrogens is 275 g/mol. The van der Waals surface area contributed by atoms with E-state index in [1.165, 1.54) is 24.8 Å². The molecule has 1 atom stereocenters. The third kappa shape index (κ3) is 2.31. The van der Waals surface area contributed by atoms with Crippen LogP contribution < -0.4 is 4.74 Å². The fourth-order valence-corrected chi connectivity index (χ4v) is 3.19. The first-order valence-electron chi connectivity index (χ1n) is 5.20. The van der Waals surface area contributed by atoms with Crippen LogP contribution in [-0.4, -0.2) is 7.11 Å². The van der Waals surface area contributed by atoms with Crippen molar-refractivity contribution >= 4 is 27.5 Å². The molecule has 1 saturated carbocycles. The van der Waals surface area contributed by atoms with Crippen molar-refractivity contribution in [1.82, 2.24) is 0 Å². The summed E-state index contributed by atoms with van der Waals surface area (Å²) in [5, 5.41) is 0.795. The van der Waals surface area contributed by atoms with E-state index in [0.717, 1.165) is 16.7 Å². The molecule has 1 unspecified atom stereocenters. The summed E-state index contributed by atoms with van der Waals surface area (Å²) in [6.45, 7) is 0. The van der Waals surface area contributed by atoms with Crippen molar-refractivity contribution in [3.05, 3.63) is 28.8 Å². The molecule has 1 fully saturated rings. The van der Waals surface area contributed by atoms with Gasteiger partial charge in [0, 0.05) is 9.85 Å². The summed E-state index contributed by atoms with van der Waals surface area (Å²) in [7, 11) is 1.66. The van der Waals surface area contributed by atoms with Crippen LogP contribution in [0.1, 0.15) is 29.7 Å². The second kappa shape index (κ2) is 4.75. The fourth-order valence-electron chi connectivity index (χ4n) is 1.84. The first kappa shape index (κ1) is 11.3. The lowest BCUT2D eigenvalue weighted by Gasteiger charge is -2.30. The lowest BCUT2D eigenvalue weighted by molar-refractivity contribution is 0.312. The maximum Gasteiger partial charge on any atom is 0.120 e. The number of ether oxygens (including phenoxy) is 1. The minimum absolute atomic E-state index is 0.393. The summed E-state index contributed by atoms with van der Waals surface area (Å²) in [5.41, 5.74) is 1.18. The molecule has 0 spiro atoms. The smallest absolute Gasteiger partial charge is 0.120 e. The zero-order chi connectivity index (χ0) is 10.8. The molecule has 2 rings (SSSR count). The lowest BCUT2D eigenvalue weighted by atomic mass is 9.81. The standard InChI is InChI=1S/C12H14BrClO/c1-15-9-5-6-10(11(14)7-9)12(13)8-3-2-4-8/h5-8,12H,2-4H2,1H3. The molecule has 1 aromatic carbocycles. The minimum Gasteiger partial charge on any atom is -0.497 e. The van der Waals surface area contributed by atoms with Gasteiger partial charge in [-0.25, -0.2) is 0 Å². The first-order valence-corrected chi connectivity index (χ1v) is 6.49. The summed E-state index contributed by atoms with van der Waals surface area (Å²) in [6.07, 6.45) is 3.96. The van der Waals surface area contributed by atoms with E-state index in [1.54, 1.807) is 7.11 Å². The van der Waals surface area contributed by atoms with Crippen molar-refractivity contribution in [3.8, 4) is 5.75 Å². The van der Waals surface area contributed by atoms with Gasteiger partial charge in [0.15, 0.2) is 0 Å². The first-order chi connectivity index (χ1) is 7.22. The Labute approximate surface area is 104 Å². The molecule has 0 aliphatic heterocycles. The number of methoxy groups -OCH3 is 1. The van der Waals surface area contributed by atoms with Crippen LogP contribution in [0.15, 0.2) is 18.2 Å². The van der Waals surface area contributed by atoms with Crippen LogP contribution in [0.4, 0.5) is 0 Å². The molecule has 0 N–H and O–H groups in total. The van der Waals surface area contributed by atoms with E-state index in [4.69, 9.17) is 16.3 Å². The van der Waals surface area contributed by atoms with Crippen LogP contribution in [-0.2, 0) is 0 Å². The largest absolute Gasteiger partial charge is 0.497 e. The number of hydrogen-bond acceptors (Lipinski definition) is 1. The molecule has 0 amide bonds. The molecule has 1 aliphatic carbocycles. The molecule has 82 valence electrons. The van der Waals surface area contributed by atoms with Crippen LogP contribution in [0.2, 0.25) is 5.02 Å². The van der Waals surface area contributed by atoms with Crippen molar-refractivity contribution < 1.29 is 4.74 Å². The van der Waals surface area contributed by atoms with E-state index >= 15 is 0 Å². The highest BCUT2D eigenvalue weighted by Gasteiger charge is 2.27. The quantitative estimate of drug-likeness (QED) is 0.740. The minimum atomic E-state index is 0.393. The van der Waals surface area contributed by atoms with Gasteiger partial charge in [-0.05, 0) is 36.5 Å². The fraction of sp³-hybridized carbons (Fsp3) is 0.500. The van der Waals surface area contributed by atoms with Crippen molar-refractivity contribution in [3.63, 3.8) is 0 Å². The summed E-state index contributed by atoms with van der Waals surface area (Å²) < 4.78 is 5.13. The monoisotopic (exact) mass is 288 g/mol. The Morgan fingerprint density at radius 3 is 2.67 bits per heavy atom. The molecule has 1 nitrogen and oxygen atoms in total. The Morgan fingerprint density at radius 1 is 1.47 bits per heavy atom. The third-order valence-electron chi connectivity index (χ3n) is 3.07. The number of benzene rings is 1. The average Bonchev–Trinajstić information content (AvgIpc) is 2.14. The Bertz CT molecular complexity index is 349. The highest BCUT2D eigenvalue weighted by atomic mass is 79.9. The predicted molar refractivity (Wildman–Crippen MR) is 67.0 cm³/mol. The molecule has 1 aromatic rings. The van der Waals surface area contributed by atoms with E-state index in [2.05, 4.69) is 22.0 Å². The van der Waals surface area contributed by atoms with Crippen molar-refractivity contribution in [2.75, 3.05) is 7.11 Å². The molecule has 15 heavy (non-hydrogen) atoms. The summed E-state index contributed by atoms with van der Waals surface area (Å²) >= 11 is 9.95. The summed E-state index contributed by atoms with van der Waals surface area (Å²) in [6, 6.07) is 5.90. The Kier molecular flexibility index (Phi) is 3.57. The van der Waals surface area contributed by atoms with Crippen LogP contribution in [0, 0.1) is 5.92 Å². The van der Waals surface area contributed by atoms with Crippen molar-refractivity contribution in [2.24, 2.45) is 5.92 Å². The van der Waals surface area contributed by atoms with Gasteiger partial charge in [-0.1, -0.05) is 40.0 Å². The molecule has 0 radical (unpaired) electrons. The Hall–Kier alpha value is -0.210. The molecule has 0 aromatic heterocycles. The number of hydrogen-bond donors (Lipinski definition) is 0. The lowest BCUT2D eigenvalue weighted by Crippen LogP contribution is -2.16. The SMILES string of the molecule is COc1ccc(C(Br)C2CCC2)c(Cl)c1. The maximum absolute atomic E-state index is 6.22. The number of alkyl halides is 1. The van der Waals surface area contributed by atoms with Gasteiger partial charge < -0.3 is 4.74 Å². The van der Waals surface area contributed by atoms with Gasteiger partial charge in [0.05, 0.1) is 7.11 Å². The normalized spacial score (nSPS) is 18.3. The topological polar surface area (TPSA) is 9.23 Å². The number of halogens is 2. The predicted octanol–water partition coefficient (Wildman–Crippen LogP) is 4.58. The Morgan fingerprint density at radius 2 is 2.20 bits per heavy atom. The zero-order valence-electron chi connectivity index (χ0n) is 8.67. The van der Waals surface area contributed by atoms with Crippen LogP contribution >= 0.6 is 27.5 Å².